The molecule has 0 saturated carbocycles. The third-order valence-corrected chi connectivity index (χ3v) is 4.17. The molecule has 0 aliphatic rings. The van der Waals surface area contributed by atoms with Crippen molar-refractivity contribution in [2.24, 2.45) is 5.73 Å². The molecule has 3 heteroatoms. The molecule has 0 aliphatic heterocycles. The van der Waals surface area contributed by atoms with Crippen LogP contribution in [0, 0.1) is 0 Å². The van der Waals surface area contributed by atoms with Gasteiger partial charge in [0.1, 0.15) is 0 Å². The molecule has 2 atom stereocenters. The van der Waals surface area contributed by atoms with Crippen LogP contribution < -0.4 is 5.73 Å². The van der Waals surface area contributed by atoms with Gasteiger partial charge in [0, 0.05) is 32.3 Å². The summed E-state index contributed by atoms with van der Waals surface area (Å²) in [5, 5.41) is 0. The predicted molar refractivity (Wildman–Crippen MR) is 90.6 cm³/mol. The molecule has 0 heterocycles. The molecule has 0 bridgehead atoms. The summed E-state index contributed by atoms with van der Waals surface area (Å²) in [4.78, 5) is 2.42. The lowest BCUT2D eigenvalue weighted by Crippen LogP contribution is -2.40. The van der Waals surface area contributed by atoms with E-state index in [0.29, 0.717) is 6.04 Å². The van der Waals surface area contributed by atoms with Gasteiger partial charge in [0.15, 0.2) is 0 Å². The van der Waals surface area contributed by atoms with Crippen molar-refractivity contribution in [1.29, 1.82) is 0 Å². The third-order valence-electron chi connectivity index (χ3n) is 4.17. The zero-order valence-electron chi connectivity index (χ0n) is 14.1. The first-order chi connectivity index (χ1) is 10.1. The third kappa shape index (κ3) is 6.16. The molecule has 1 aromatic carbocycles. The highest BCUT2D eigenvalue weighted by Crippen LogP contribution is 2.16. The molecular weight excluding hydrogens is 260 g/mol. The highest BCUT2D eigenvalue weighted by atomic mass is 16.5. The van der Waals surface area contributed by atoms with Crippen molar-refractivity contribution in [3.05, 3.63) is 35.4 Å². The van der Waals surface area contributed by atoms with Gasteiger partial charge in [-0.2, -0.15) is 0 Å². The Morgan fingerprint density at radius 3 is 2.38 bits per heavy atom. The zero-order chi connectivity index (χ0) is 15.7. The Morgan fingerprint density at radius 1 is 1.19 bits per heavy atom. The fourth-order valence-corrected chi connectivity index (χ4v) is 2.54. The van der Waals surface area contributed by atoms with Gasteiger partial charge in [-0.25, -0.2) is 0 Å². The Labute approximate surface area is 130 Å². The maximum atomic E-state index is 6.40. The van der Waals surface area contributed by atoms with Gasteiger partial charge in [0.05, 0.1) is 6.61 Å². The Morgan fingerprint density at radius 2 is 1.86 bits per heavy atom. The molecule has 3 nitrogen and oxygen atoms in total. The van der Waals surface area contributed by atoms with Crippen LogP contribution in [-0.4, -0.2) is 37.7 Å². The van der Waals surface area contributed by atoms with Crippen molar-refractivity contribution in [3.8, 4) is 0 Å². The summed E-state index contributed by atoms with van der Waals surface area (Å²) in [6.07, 6.45) is 3.46. The number of benzene rings is 1. The summed E-state index contributed by atoms with van der Waals surface area (Å²) < 4.78 is 5.21. The molecule has 0 spiro atoms. The average molecular weight is 292 g/mol. The number of aryl methyl sites for hydroxylation is 1. The van der Waals surface area contributed by atoms with Crippen molar-refractivity contribution in [2.45, 2.75) is 52.1 Å². The lowest BCUT2D eigenvalue weighted by molar-refractivity contribution is 0.118. The normalized spacial score (nSPS) is 14.4. The minimum Gasteiger partial charge on any atom is -0.383 e. The van der Waals surface area contributed by atoms with Crippen molar-refractivity contribution in [1.82, 2.24) is 4.90 Å². The van der Waals surface area contributed by atoms with Crippen LogP contribution >= 0.6 is 0 Å². The van der Waals surface area contributed by atoms with Crippen LogP contribution in [0.3, 0.4) is 0 Å². The van der Waals surface area contributed by atoms with Crippen LogP contribution in [0.25, 0.3) is 0 Å². The lowest BCUT2D eigenvalue weighted by atomic mass is 10.0. The summed E-state index contributed by atoms with van der Waals surface area (Å²) in [6.45, 7) is 9.26. The molecule has 2 N–H and O–H groups in total. The topological polar surface area (TPSA) is 38.5 Å². The largest absolute Gasteiger partial charge is 0.383 e. The van der Waals surface area contributed by atoms with E-state index in [1.807, 2.05) is 0 Å². The second kappa shape index (κ2) is 9.93. The Kier molecular flexibility index (Phi) is 8.58. The standard InChI is InChI=1S/C18H32N2O/c1-5-7-16-8-10-17(11-9-16)18(19)14-20(12-13-21-4)15(3)6-2/h8-11,15,18H,5-7,12-14,19H2,1-4H3. The van der Waals surface area contributed by atoms with Crippen LogP contribution in [0.2, 0.25) is 0 Å². The summed E-state index contributed by atoms with van der Waals surface area (Å²) in [5.74, 6) is 0. The number of rotatable bonds is 10. The van der Waals surface area contributed by atoms with Gasteiger partial charge in [-0.3, -0.25) is 4.90 Å². The number of nitrogens with zero attached hydrogens (tertiary/aromatic N) is 1. The first kappa shape index (κ1) is 18.1. The van der Waals surface area contributed by atoms with Gasteiger partial charge in [0.25, 0.3) is 0 Å². The van der Waals surface area contributed by atoms with Crippen LogP contribution in [0.5, 0.6) is 0 Å². The van der Waals surface area contributed by atoms with Crippen LogP contribution in [0.1, 0.15) is 50.8 Å². The fraction of sp³-hybridized carbons (Fsp3) is 0.667. The van der Waals surface area contributed by atoms with E-state index < -0.39 is 0 Å². The number of hydrogen-bond donors (Lipinski definition) is 1. The van der Waals surface area contributed by atoms with Gasteiger partial charge in [0.2, 0.25) is 0 Å². The lowest BCUT2D eigenvalue weighted by Gasteiger charge is -2.30. The van der Waals surface area contributed by atoms with Gasteiger partial charge >= 0.3 is 0 Å². The zero-order valence-corrected chi connectivity index (χ0v) is 14.1. The monoisotopic (exact) mass is 292 g/mol. The fourth-order valence-electron chi connectivity index (χ4n) is 2.54. The number of methoxy groups -OCH3 is 1. The first-order valence-corrected chi connectivity index (χ1v) is 8.19. The van der Waals surface area contributed by atoms with E-state index in [1.165, 1.54) is 17.5 Å². The van der Waals surface area contributed by atoms with E-state index in [0.717, 1.165) is 32.5 Å². The van der Waals surface area contributed by atoms with E-state index in [4.69, 9.17) is 10.5 Å². The summed E-state index contributed by atoms with van der Waals surface area (Å²) in [5.41, 5.74) is 9.02. The minimum atomic E-state index is 0.0616. The molecule has 1 aromatic rings. The molecule has 120 valence electrons. The molecule has 0 saturated heterocycles. The Hall–Kier alpha value is -0.900. The molecule has 0 fully saturated rings. The summed E-state index contributed by atoms with van der Waals surface area (Å²) in [7, 11) is 1.75. The molecule has 2 unspecified atom stereocenters. The van der Waals surface area contributed by atoms with E-state index in [1.54, 1.807) is 7.11 Å². The molecule has 0 amide bonds. The average Bonchev–Trinajstić information content (AvgIpc) is 2.51. The van der Waals surface area contributed by atoms with Crippen molar-refractivity contribution in [3.63, 3.8) is 0 Å². The number of hydrogen-bond acceptors (Lipinski definition) is 3. The highest BCUT2D eigenvalue weighted by molar-refractivity contribution is 5.25. The Balaban J connectivity index is 2.64. The highest BCUT2D eigenvalue weighted by Gasteiger charge is 2.16. The molecule has 0 aliphatic carbocycles. The Bertz CT molecular complexity index is 377. The summed E-state index contributed by atoms with van der Waals surface area (Å²) >= 11 is 0. The van der Waals surface area contributed by atoms with Crippen molar-refractivity contribution >= 4 is 0 Å². The maximum Gasteiger partial charge on any atom is 0.0589 e. The molecule has 0 radical (unpaired) electrons. The second-order valence-corrected chi connectivity index (χ2v) is 5.84. The number of nitrogens with two attached hydrogens (primary N) is 1. The SMILES string of the molecule is CCCc1ccc(C(N)CN(CCOC)C(C)CC)cc1. The van der Waals surface area contributed by atoms with E-state index >= 15 is 0 Å². The van der Waals surface area contributed by atoms with E-state index in [-0.39, 0.29) is 6.04 Å². The number of ether oxygens (including phenoxy) is 1. The molecule has 0 aromatic heterocycles. The van der Waals surface area contributed by atoms with Crippen molar-refractivity contribution < 1.29 is 4.74 Å². The van der Waals surface area contributed by atoms with Crippen LogP contribution in [-0.2, 0) is 11.2 Å². The molecule has 21 heavy (non-hydrogen) atoms. The van der Waals surface area contributed by atoms with E-state index in [2.05, 4.69) is 49.9 Å². The van der Waals surface area contributed by atoms with Crippen LogP contribution in [0.15, 0.2) is 24.3 Å². The van der Waals surface area contributed by atoms with Gasteiger partial charge in [-0.15, -0.1) is 0 Å². The van der Waals surface area contributed by atoms with Gasteiger partial charge < -0.3 is 10.5 Å². The van der Waals surface area contributed by atoms with Crippen molar-refractivity contribution in [2.75, 3.05) is 26.8 Å². The minimum absolute atomic E-state index is 0.0616. The van der Waals surface area contributed by atoms with E-state index in [9.17, 15) is 0 Å². The molecule has 1 rings (SSSR count). The van der Waals surface area contributed by atoms with Gasteiger partial charge in [-0.1, -0.05) is 44.5 Å². The predicted octanol–water partition coefficient (Wildman–Crippen LogP) is 3.39. The second-order valence-electron chi connectivity index (χ2n) is 5.84. The van der Waals surface area contributed by atoms with Gasteiger partial charge in [-0.05, 0) is 30.9 Å². The quantitative estimate of drug-likeness (QED) is 0.718. The van der Waals surface area contributed by atoms with Crippen LogP contribution in [0.4, 0.5) is 0 Å². The summed E-state index contributed by atoms with van der Waals surface area (Å²) in [6, 6.07) is 9.38. The molecular formula is C18H32N2O. The maximum absolute atomic E-state index is 6.40. The first-order valence-electron chi connectivity index (χ1n) is 8.19. The smallest absolute Gasteiger partial charge is 0.0589 e.